The van der Waals surface area contributed by atoms with Gasteiger partial charge in [0.2, 0.25) is 0 Å². The van der Waals surface area contributed by atoms with Crippen LogP contribution in [-0.4, -0.2) is 63.3 Å². The van der Waals surface area contributed by atoms with E-state index in [2.05, 4.69) is 28.2 Å². The highest BCUT2D eigenvalue weighted by molar-refractivity contribution is 4.51. The van der Waals surface area contributed by atoms with Crippen LogP contribution in [0.15, 0.2) is 0 Å². The van der Waals surface area contributed by atoms with Crippen molar-refractivity contribution in [3.8, 4) is 0 Å². The summed E-state index contributed by atoms with van der Waals surface area (Å²) in [6.45, 7) is 5.46. The zero-order valence-electron chi connectivity index (χ0n) is 9.14. The number of nitrogens with zero attached hydrogens (tertiary/aromatic N) is 2. The summed E-state index contributed by atoms with van der Waals surface area (Å²) in [4.78, 5) is 0. The van der Waals surface area contributed by atoms with Gasteiger partial charge in [-0.15, -0.1) is 0 Å². The first-order valence-electron chi connectivity index (χ1n) is 5.05. The SMILES string of the molecule is C[N+](C)(C)CC[N+]1(C)CCCC1. The molecule has 0 atom stereocenters. The molecule has 0 spiro atoms. The Morgan fingerprint density at radius 3 is 2.00 bits per heavy atom. The molecule has 0 saturated carbocycles. The molecule has 0 aromatic heterocycles. The second-order valence-electron chi connectivity index (χ2n) is 5.51. The Morgan fingerprint density at radius 1 is 1.08 bits per heavy atom. The van der Waals surface area contributed by atoms with Crippen molar-refractivity contribution < 1.29 is 8.97 Å². The van der Waals surface area contributed by atoms with Crippen LogP contribution in [0, 0.1) is 0 Å². The Bertz CT molecular complexity index is 140. The Kier molecular flexibility index (Phi) is 2.79. The summed E-state index contributed by atoms with van der Waals surface area (Å²) in [5.74, 6) is 0. The molecular formula is C10H24N2+2. The summed E-state index contributed by atoms with van der Waals surface area (Å²) >= 11 is 0. The Balaban J connectivity index is 2.30. The molecule has 0 unspecified atom stereocenters. The number of likely N-dealkylation sites (tertiary alicyclic amines) is 1. The minimum absolute atomic E-state index is 1.10. The number of quaternary nitrogens is 2. The lowest BCUT2D eigenvalue weighted by molar-refractivity contribution is -0.941. The van der Waals surface area contributed by atoms with Crippen LogP contribution in [0.1, 0.15) is 12.8 Å². The van der Waals surface area contributed by atoms with Gasteiger partial charge in [0.1, 0.15) is 13.1 Å². The van der Waals surface area contributed by atoms with Gasteiger partial charge in [-0.2, -0.15) is 0 Å². The molecule has 0 aliphatic carbocycles. The highest BCUT2D eigenvalue weighted by atomic mass is 15.4. The van der Waals surface area contributed by atoms with Crippen LogP contribution in [-0.2, 0) is 0 Å². The van der Waals surface area contributed by atoms with Gasteiger partial charge in [0.05, 0.1) is 41.3 Å². The summed E-state index contributed by atoms with van der Waals surface area (Å²) in [5.41, 5.74) is 0. The molecule has 1 rings (SSSR count). The standard InChI is InChI=1S/C10H24N2/c1-11(2,3)9-10-12(4)7-5-6-8-12/h5-10H2,1-4H3/q+2. The van der Waals surface area contributed by atoms with Crippen LogP contribution in [0.2, 0.25) is 0 Å². The lowest BCUT2D eigenvalue weighted by atomic mass is 10.4. The Morgan fingerprint density at radius 2 is 1.58 bits per heavy atom. The predicted molar refractivity (Wildman–Crippen MR) is 52.9 cm³/mol. The summed E-state index contributed by atoms with van der Waals surface area (Å²) in [6.07, 6.45) is 2.88. The van der Waals surface area contributed by atoms with E-state index in [1.54, 1.807) is 0 Å². The third-order valence-corrected chi connectivity index (χ3v) is 2.96. The highest BCUT2D eigenvalue weighted by Gasteiger charge is 2.28. The topological polar surface area (TPSA) is 0 Å². The number of likely N-dealkylation sites (N-methyl/N-ethyl adjacent to an activating group) is 2. The largest absolute Gasteiger partial charge is 0.326 e. The van der Waals surface area contributed by atoms with Crippen molar-refractivity contribution in [3.05, 3.63) is 0 Å². The van der Waals surface area contributed by atoms with Crippen molar-refractivity contribution >= 4 is 0 Å². The third kappa shape index (κ3) is 3.11. The van der Waals surface area contributed by atoms with E-state index in [4.69, 9.17) is 0 Å². The fourth-order valence-electron chi connectivity index (χ4n) is 1.86. The Labute approximate surface area is 77.0 Å². The van der Waals surface area contributed by atoms with Gasteiger partial charge in [-0.05, 0) is 0 Å². The Hall–Kier alpha value is -0.0800. The third-order valence-electron chi connectivity index (χ3n) is 2.96. The van der Waals surface area contributed by atoms with E-state index in [0.717, 1.165) is 4.48 Å². The summed E-state index contributed by atoms with van der Waals surface area (Å²) in [6, 6.07) is 0. The van der Waals surface area contributed by atoms with Crippen LogP contribution in [0.5, 0.6) is 0 Å². The average molecular weight is 172 g/mol. The summed E-state index contributed by atoms with van der Waals surface area (Å²) < 4.78 is 2.42. The molecule has 72 valence electrons. The van der Waals surface area contributed by atoms with Crippen LogP contribution in [0.4, 0.5) is 0 Å². The molecule has 1 saturated heterocycles. The minimum atomic E-state index is 1.10. The molecular weight excluding hydrogens is 148 g/mol. The van der Waals surface area contributed by atoms with Gasteiger partial charge >= 0.3 is 0 Å². The molecule has 0 N–H and O–H groups in total. The van der Waals surface area contributed by atoms with E-state index in [1.807, 2.05) is 0 Å². The van der Waals surface area contributed by atoms with Crippen molar-refractivity contribution in [2.45, 2.75) is 12.8 Å². The first-order chi connectivity index (χ1) is 5.41. The molecule has 0 aromatic carbocycles. The molecule has 0 amide bonds. The van der Waals surface area contributed by atoms with E-state index < -0.39 is 0 Å². The van der Waals surface area contributed by atoms with Gasteiger partial charge in [-0.1, -0.05) is 0 Å². The molecule has 2 heteroatoms. The molecule has 1 fully saturated rings. The molecule has 2 nitrogen and oxygen atoms in total. The monoisotopic (exact) mass is 172 g/mol. The van der Waals surface area contributed by atoms with E-state index in [0.29, 0.717) is 0 Å². The zero-order valence-corrected chi connectivity index (χ0v) is 9.14. The second kappa shape index (κ2) is 3.35. The van der Waals surface area contributed by atoms with Crippen LogP contribution in [0.25, 0.3) is 0 Å². The van der Waals surface area contributed by atoms with Crippen molar-refractivity contribution in [1.29, 1.82) is 0 Å². The van der Waals surface area contributed by atoms with Gasteiger partial charge in [-0.25, -0.2) is 0 Å². The average Bonchev–Trinajstić information content (AvgIpc) is 2.32. The number of hydrogen-bond acceptors (Lipinski definition) is 0. The quantitative estimate of drug-likeness (QED) is 0.556. The van der Waals surface area contributed by atoms with Crippen LogP contribution in [0.3, 0.4) is 0 Å². The van der Waals surface area contributed by atoms with E-state index in [1.165, 1.54) is 43.5 Å². The highest BCUT2D eigenvalue weighted by Crippen LogP contribution is 2.15. The summed E-state index contributed by atoms with van der Waals surface area (Å²) in [5, 5.41) is 0. The first kappa shape index (κ1) is 10.0. The maximum absolute atomic E-state index is 2.41. The molecule has 0 radical (unpaired) electrons. The van der Waals surface area contributed by atoms with Crippen molar-refractivity contribution in [2.24, 2.45) is 0 Å². The number of hydrogen-bond donors (Lipinski definition) is 0. The maximum atomic E-state index is 2.41. The maximum Gasteiger partial charge on any atom is 0.128 e. The van der Waals surface area contributed by atoms with Gasteiger partial charge in [0, 0.05) is 12.8 Å². The van der Waals surface area contributed by atoms with Gasteiger partial charge < -0.3 is 8.97 Å². The minimum Gasteiger partial charge on any atom is -0.326 e. The fourth-order valence-corrected chi connectivity index (χ4v) is 1.86. The van der Waals surface area contributed by atoms with Crippen molar-refractivity contribution in [2.75, 3.05) is 54.4 Å². The lowest BCUT2D eigenvalue weighted by Crippen LogP contribution is -2.49. The van der Waals surface area contributed by atoms with Gasteiger partial charge in [0.15, 0.2) is 0 Å². The molecule has 0 bridgehead atoms. The van der Waals surface area contributed by atoms with E-state index in [-0.39, 0.29) is 0 Å². The molecule has 1 aliphatic rings. The second-order valence-corrected chi connectivity index (χ2v) is 5.51. The molecule has 12 heavy (non-hydrogen) atoms. The predicted octanol–water partition coefficient (Wildman–Crippen LogP) is 0.933. The molecule has 0 aromatic rings. The zero-order chi connectivity index (χ0) is 9.24. The van der Waals surface area contributed by atoms with E-state index >= 15 is 0 Å². The normalized spacial score (nSPS) is 23.0. The number of rotatable bonds is 3. The van der Waals surface area contributed by atoms with Crippen molar-refractivity contribution in [1.82, 2.24) is 0 Å². The molecule has 1 heterocycles. The van der Waals surface area contributed by atoms with Crippen LogP contribution < -0.4 is 0 Å². The smallest absolute Gasteiger partial charge is 0.128 e. The first-order valence-corrected chi connectivity index (χ1v) is 5.05. The lowest BCUT2D eigenvalue weighted by Gasteiger charge is -2.33. The van der Waals surface area contributed by atoms with Gasteiger partial charge in [0.25, 0.3) is 0 Å². The van der Waals surface area contributed by atoms with Gasteiger partial charge in [-0.3, -0.25) is 0 Å². The van der Waals surface area contributed by atoms with E-state index in [9.17, 15) is 0 Å². The molecule has 1 aliphatic heterocycles. The van der Waals surface area contributed by atoms with Crippen LogP contribution >= 0.6 is 0 Å². The fraction of sp³-hybridized carbons (Fsp3) is 1.00. The van der Waals surface area contributed by atoms with Crippen molar-refractivity contribution in [3.63, 3.8) is 0 Å². The summed E-state index contributed by atoms with van der Waals surface area (Å²) in [7, 11) is 9.25.